The van der Waals surface area contributed by atoms with Gasteiger partial charge in [0.1, 0.15) is 5.82 Å². The second kappa shape index (κ2) is 10.0. The molecule has 0 saturated carbocycles. The van der Waals surface area contributed by atoms with Crippen molar-refractivity contribution in [2.45, 2.75) is 44.9 Å². The number of urea groups is 1. The van der Waals surface area contributed by atoms with Gasteiger partial charge in [-0.2, -0.15) is 5.10 Å². The molecule has 5 heteroatoms. The van der Waals surface area contributed by atoms with Crippen LogP contribution < -0.4 is 5.32 Å². The largest absolute Gasteiger partial charge is 0.337 e. The molecule has 0 aliphatic carbocycles. The zero-order valence-corrected chi connectivity index (χ0v) is 16.4. The highest BCUT2D eigenvalue weighted by Crippen LogP contribution is 2.27. The average molecular weight is 381 g/mol. The van der Waals surface area contributed by atoms with Crippen molar-refractivity contribution in [3.63, 3.8) is 0 Å². The van der Waals surface area contributed by atoms with Crippen molar-refractivity contribution in [1.82, 2.24) is 10.3 Å². The van der Waals surface area contributed by atoms with Gasteiger partial charge in [-0.25, -0.2) is 14.2 Å². The highest BCUT2D eigenvalue weighted by molar-refractivity contribution is 5.94. The highest BCUT2D eigenvalue weighted by atomic mass is 19.1. The van der Waals surface area contributed by atoms with E-state index in [1.807, 2.05) is 18.2 Å². The van der Waals surface area contributed by atoms with Gasteiger partial charge in [-0.15, -0.1) is 0 Å². The molecule has 0 saturated heterocycles. The number of hydrazone groups is 1. The maximum Gasteiger partial charge on any atom is 0.337 e. The lowest BCUT2D eigenvalue weighted by Crippen LogP contribution is -2.37. The number of carbonyl (C=O) groups is 1. The summed E-state index contributed by atoms with van der Waals surface area (Å²) >= 11 is 0. The molecule has 1 atom stereocenters. The normalized spacial score (nSPS) is 16.1. The fraction of sp³-hybridized carbons (Fsp3) is 0.391. The molecule has 0 bridgehead atoms. The van der Waals surface area contributed by atoms with Crippen molar-refractivity contribution in [2.75, 3.05) is 13.1 Å². The van der Waals surface area contributed by atoms with E-state index in [4.69, 9.17) is 0 Å². The molecular weight excluding hydrogens is 353 g/mol. The van der Waals surface area contributed by atoms with Crippen LogP contribution in [0.1, 0.15) is 49.7 Å². The molecule has 3 rings (SSSR count). The van der Waals surface area contributed by atoms with Gasteiger partial charge in [-0.05, 0) is 42.5 Å². The first-order chi connectivity index (χ1) is 13.7. The van der Waals surface area contributed by atoms with Gasteiger partial charge in [0.05, 0.1) is 6.54 Å². The number of hydrogen-bond acceptors (Lipinski definition) is 2. The van der Waals surface area contributed by atoms with Crippen molar-refractivity contribution >= 4 is 11.7 Å². The first kappa shape index (κ1) is 20.1. The molecule has 1 unspecified atom stereocenters. The molecule has 2 aromatic rings. The number of benzene rings is 2. The van der Waals surface area contributed by atoms with E-state index in [1.54, 1.807) is 17.1 Å². The molecule has 0 radical (unpaired) electrons. The molecule has 28 heavy (non-hydrogen) atoms. The Morgan fingerprint density at radius 2 is 1.86 bits per heavy atom. The second-order valence-electron chi connectivity index (χ2n) is 7.20. The number of rotatable bonds is 8. The van der Waals surface area contributed by atoms with E-state index in [2.05, 4.69) is 29.5 Å². The van der Waals surface area contributed by atoms with Crippen LogP contribution in [-0.2, 0) is 6.42 Å². The van der Waals surface area contributed by atoms with Crippen LogP contribution in [0.5, 0.6) is 0 Å². The van der Waals surface area contributed by atoms with Crippen LogP contribution in [0.2, 0.25) is 0 Å². The summed E-state index contributed by atoms with van der Waals surface area (Å²) in [6, 6.07) is 16.5. The first-order valence-electron chi connectivity index (χ1n) is 10.1. The summed E-state index contributed by atoms with van der Waals surface area (Å²) < 4.78 is 13.0. The molecule has 4 nitrogen and oxygen atoms in total. The zero-order valence-electron chi connectivity index (χ0n) is 16.4. The van der Waals surface area contributed by atoms with Gasteiger partial charge in [0, 0.05) is 18.2 Å². The Morgan fingerprint density at radius 1 is 1.11 bits per heavy atom. The van der Waals surface area contributed by atoms with Gasteiger partial charge < -0.3 is 5.32 Å². The van der Waals surface area contributed by atoms with Gasteiger partial charge in [-0.1, -0.05) is 62.2 Å². The lowest BCUT2D eigenvalue weighted by Gasteiger charge is -2.16. The van der Waals surface area contributed by atoms with E-state index in [-0.39, 0.29) is 17.8 Å². The molecule has 148 valence electrons. The number of halogens is 1. The topological polar surface area (TPSA) is 44.7 Å². The molecule has 1 heterocycles. The van der Waals surface area contributed by atoms with Crippen molar-refractivity contribution in [3.8, 4) is 0 Å². The molecule has 0 spiro atoms. The summed E-state index contributed by atoms with van der Waals surface area (Å²) in [4.78, 5) is 12.6. The quantitative estimate of drug-likeness (QED) is 0.634. The molecule has 1 aliphatic rings. The van der Waals surface area contributed by atoms with E-state index in [9.17, 15) is 9.18 Å². The van der Waals surface area contributed by atoms with Gasteiger partial charge in [0.2, 0.25) is 0 Å². The number of carbonyl (C=O) groups excluding carboxylic acids is 1. The van der Waals surface area contributed by atoms with Gasteiger partial charge in [0.25, 0.3) is 0 Å². The minimum absolute atomic E-state index is 0.168. The van der Waals surface area contributed by atoms with E-state index in [0.717, 1.165) is 30.5 Å². The molecule has 1 N–H and O–H groups in total. The number of hydrogen-bond donors (Lipinski definition) is 1. The first-order valence-corrected chi connectivity index (χ1v) is 10.1. The molecule has 0 aromatic heterocycles. The summed E-state index contributed by atoms with van der Waals surface area (Å²) in [6.45, 7) is 3.26. The van der Waals surface area contributed by atoms with Gasteiger partial charge in [-0.3, -0.25) is 0 Å². The fourth-order valence-corrected chi connectivity index (χ4v) is 3.49. The van der Waals surface area contributed by atoms with Crippen molar-refractivity contribution < 1.29 is 9.18 Å². The maximum atomic E-state index is 13.0. The smallest absolute Gasteiger partial charge is 0.336 e. The Balaban J connectivity index is 1.58. The Hall–Kier alpha value is -2.69. The average Bonchev–Trinajstić information content (AvgIpc) is 3.15. The lowest BCUT2D eigenvalue weighted by atomic mass is 9.92. The van der Waals surface area contributed by atoms with Crippen molar-refractivity contribution in [3.05, 3.63) is 71.5 Å². The number of unbranched alkanes of at least 4 members (excludes halogenated alkanes) is 2. The lowest BCUT2D eigenvalue weighted by molar-refractivity contribution is 0.204. The third-order valence-electron chi connectivity index (χ3n) is 5.08. The van der Waals surface area contributed by atoms with Crippen LogP contribution in [0, 0.1) is 5.82 Å². The van der Waals surface area contributed by atoms with E-state index in [0.29, 0.717) is 19.5 Å². The number of nitrogens with zero attached hydrogens (tertiary/aromatic N) is 2. The standard InChI is InChI=1S/C23H28FN3O/c1-2-3-5-10-22-21(19-8-6-4-7-9-19)17-27(26-22)23(28)25-16-15-18-11-13-20(24)14-12-18/h4,6-9,11-14,21H,2-3,5,10,15-17H2,1H3,(H,25,28). The van der Waals surface area contributed by atoms with E-state index < -0.39 is 0 Å². The van der Waals surface area contributed by atoms with Crippen LogP contribution in [0.3, 0.4) is 0 Å². The minimum Gasteiger partial charge on any atom is -0.336 e. The zero-order chi connectivity index (χ0) is 19.8. The van der Waals surface area contributed by atoms with Crippen LogP contribution in [0.25, 0.3) is 0 Å². The van der Waals surface area contributed by atoms with E-state index in [1.165, 1.54) is 24.1 Å². The highest BCUT2D eigenvalue weighted by Gasteiger charge is 2.30. The summed E-state index contributed by atoms with van der Waals surface area (Å²) in [5.41, 5.74) is 3.29. The van der Waals surface area contributed by atoms with Crippen LogP contribution >= 0.6 is 0 Å². The van der Waals surface area contributed by atoms with Crippen molar-refractivity contribution in [2.24, 2.45) is 5.10 Å². The fourth-order valence-electron chi connectivity index (χ4n) is 3.49. The van der Waals surface area contributed by atoms with Crippen LogP contribution in [0.4, 0.5) is 9.18 Å². The molecule has 2 amide bonds. The summed E-state index contributed by atoms with van der Waals surface area (Å²) in [6.07, 6.45) is 5.02. The number of amides is 2. The Morgan fingerprint density at radius 3 is 2.57 bits per heavy atom. The molecule has 2 aromatic carbocycles. The maximum absolute atomic E-state index is 13.0. The predicted molar refractivity (Wildman–Crippen MR) is 111 cm³/mol. The van der Waals surface area contributed by atoms with E-state index >= 15 is 0 Å². The molecule has 0 fully saturated rings. The Bertz CT molecular complexity index is 789. The van der Waals surface area contributed by atoms with Gasteiger partial charge >= 0.3 is 6.03 Å². The Kier molecular flexibility index (Phi) is 7.18. The van der Waals surface area contributed by atoms with Crippen LogP contribution in [0.15, 0.2) is 59.7 Å². The monoisotopic (exact) mass is 381 g/mol. The van der Waals surface area contributed by atoms with Crippen molar-refractivity contribution in [1.29, 1.82) is 0 Å². The summed E-state index contributed by atoms with van der Waals surface area (Å²) in [7, 11) is 0. The van der Waals surface area contributed by atoms with Gasteiger partial charge in [0.15, 0.2) is 0 Å². The number of nitrogens with one attached hydrogen (secondary N) is 1. The third-order valence-corrected chi connectivity index (χ3v) is 5.08. The predicted octanol–water partition coefficient (Wildman–Crippen LogP) is 5.11. The SMILES string of the molecule is CCCCCC1=NN(C(=O)NCCc2ccc(F)cc2)CC1c1ccccc1. The third kappa shape index (κ3) is 5.41. The summed E-state index contributed by atoms with van der Waals surface area (Å²) in [5, 5.41) is 9.14. The molecular formula is C23H28FN3O. The van der Waals surface area contributed by atoms with Crippen LogP contribution in [-0.4, -0.2) is 29.8 Å². The second-order valence-corrected chi connectivity index (χ2v) is 7.20. The molecule has 1 aliphatic heterocycles. The minimum atomic E-state index is -0.248. The Labute approximate surface area is 166 Å². The summed E-state index contributed by atoms with van der Waals surface area (Å²) in [5.74, 6) is -0.0809.